The molecule has 0 amide bonds. The summed E-state index contributed by atoms with van der Waals surface area (Å²) in [7, 11) is 0. The Morgan fingerprint density at radius 1 is 1.60 bits per heavy atom. The smallest absolute Gasteiger partial charge is 0.146 e. The first kappa shape index (κ1) is 5.29. The van der Waals surface area contributed by atoms with Crippen LogP contribution in [-0.4, -0.2) is 6.21 Å². The van der Waals surface area contributed by atoms with Crippen molar-refractivity contribution in [2.75, 3.05) is 0 Å². The number of hydrogen-bond donors (Lipinski definition) is 1. The standard InChI is InChI=1S/C7H5N2O/c1-2-6-4-9-10-5-7(6)8-3-1/h2-5,8H. The predicted octanol–water partition coefficient (Wildman–Crippen LogP) is 0.690. The van der Waals surface area contributed by atoms with Crippen LogP contribution in [0.2, 0.25) is 0 Å². The van der Waals surface area contributed by atoms with Gasteiger partial charge in [-0.15, -0.1) is 0 Å². The van der Waals surface area contributed by atoms with E-state index in [2.05, 4.69) is 16.5 Å². The highest BCUT2D eigenvalue weighted by Crippen LogP contribution is 2.11. The monoisotopic (exact) mass is 133 g/mol. The van der Waals surface area contributed by atoms with Crippen LogP contribution in [0.15, 0.2) is 35.0 Å². The zero-order valence-electron chi connectivity index (χ0n) is 5.16. The van der Waals surface area contributed by atoms with Crippen LogP contribution in [0.1, 0.15) is 0 Å². The third kappa shape index (κ3) is 0.719. The summed E-state index contributed by atoms with van der Waals surface area (Å²) < 4.78 is 0. The summed E-state index contributed by atoms with van der Waals surface area (Å²) >= 11 is 0. The lowest BCUT2D eigenvalue weighted by atomic mass is 10.1. The van der Waals surface area contributed by atoms with Crippen molar-refractivity contribution < 1.29 is 4.84 Å². The Morgan fingerprint density at radius 3 is 3.50 bits per heavy atom. The van der Waals surface area contributed by atoms with Gasteiger partial charge in [-0.25, -0.2) is 0 Å². The van der Waals surface area contributed by atoms with Gasteiger partial charge >= 0.3 is 0 Å². The van der Waals surface area contributed by atoms with E-state index in [9.17, 15) is 0 Å². The lowest BCUT2D eigenvalue weighted by Gasteiger charge is -2.12. The van der Waals surface area contributed by atoms with Crippen LogP contribution < -0.4 is 5.32 Å². The minimum Gasteiger partial charge on any atom is -0.363 e. The zero-order valence-corrected chi connectivity index (χ0v) is 5.16. The molecule has 2 heterocycles. The molecule has 0 bridgehead atoms. The van der Waals surface area contributed by atoms with Crippen LogP contribution in [-0.2, 0) is 4.84 Å². The van der Waals surface area contributed by atoms with Gasteiger partial charge < -0.3 is 10.2 Å². The summed E-state index contributed by atoms with van der Waals surface area (Å²) in [5, 5.41) is 6.56. The Kier molecular flexibility index (Phi) is 1.07. The largest absolute Gasteiger partial charge is 0.363 e. The molecule has 1 N–H and O–H groups in total. The van der Waals surface area contributed by atoms with Gasteiger partial charge in [0.15, 0.2) is 0 Å². The van der Waals surface area contributed by atoms with Crippen molar-refractivity contribution in [1.82, 2.24) is 5.32 Å². The van der Waals surface area contributed by atoms with Gasteiger partial charge in [0.1, 0.15) is 6.26 Å². The Balaban J connectivity index is 2.39. The van der Waals surface area contributed by atoms with E-state index in [0.29, 0.717) is 0 Å². The van der Waals surface area contributed by atoms with Crippen molar-refractivity contribution in [2.45, 2.75) is 0 Å². The van der Waals surface area contributed by atoms with Gasteiger partial charge in [-0.3, -0.25) is 0 Å². The topological polar surface area (TPSA) is 33.6 Å². The van der Waals surface area contributed by atoms with Crippen LogP contribution in [0.4, 0.5) is 0 Å². The van der Waals surface area contributed by atoms with Crippen molar-refractivity contribution in [3.63, 3.8) is 0 Å². The molecule has 0 unspecified atom stereocenters. The predicted molar refractivity (Wildman–Crippen MR) is 36.7 cm³/mol. The van der Waals surface area contributed by atoms with Crippen molar-refractivity contribution in [1.29, 1.82) is 0 Å². The quantitative estimate of drug-likeness (QED) is 0.527. The maximum atomic E-state index is 4.70. The van der Waals surface area contributed by atoms with Gasteiger partial charge in [0.05, 0.1) is 11.9 Å². The maximum absolute atomic E-state index is 4.70. The lowest BCUT2D eigenvalue weighted by molar-refractivity contribution is 0.263. The second-order valence-corrected chi connectivity index (χ2v) is 1.93. The Labute approximate surface area is 58.4 Å². The molecule has 0 atom stereocenters. The van der Waals surface area contributed by atoms with Crippen molar-refractivity contribution in [3.05, 3.63) is 35.9 Å². The van der Waals surface area contributed by atoms with Crippen LogP contribution in [0, 0.1) is 6.08 Å². The molecule has 0 saturated carbocycles. The molecule has 3 nitrogen and oxygen atoms in total. The van der Waals surface area contributed by atoms with Gasteiger partial charge in [-0.2, -0.15) is 0 Å². The summed E-state index contributed by atoms with van der Waals surface area (Å²) in [6, 6.07) is 0. The summed E-state index contributed by atoms with van der Waals surface area (Å²) in [6.45, 7) is 0. The number of hydrogen-bond acceptors (Lipinski definition) is 3. The molecular weight excluding hydrogens is 128 g/mol. The van der Waals surface area contributed by atoms with Crippen LogP contribution in [0.3, 0.4) is 0 Å². The van der Waals surface area contributed by atoms with E-state index in [0.717, 1.165) is 11.3 Å². The second kappa shape index (κ2) is 2.02. The van der Waals surface area contributed by atoms with Gasteiger partial charge in [0.2, 0.25) is 0 Å². The molecular formula is C7H5N2O. The van der Waals surface area contributed by atoms with Crippen LogP contribution in [0.5, 0.6) is 0 Å². The summed E-state index contributed by atoms with van der Waals surface area (Å²) in [6.07, 6.45) is 9.66. The number of nitrogens with one attached hydrogen (secondary N) is 1. The van der Waals surface area contributed by atoms with Gasteiger partial charge in [-0.1, -0.05) is 5.16 Å². The van der Waals surface area contributed by atoms with E-state index in [-0.39, 0.29) is 0 Å². The third-order valence-corrected chi connectivity index (χ3v) is 1.28. The fourth-order valence-corrected chi connectivity index (χ4v) is 0.791. The summed E-state index contributed by atoms with van der Waals surface area (Å²) in [4.78, 5) is 4.70. The highest BCUT2D eigenvalue weighted by molar-refractivity contribution is 5.85. The molecule has 2 rings (SSSR count). The molecule has 0 aliphatic carbocycles. The molecule has 49 valence electrons. The van der Waals surface area contributed by atoms with E-state index in [1.54, 1.807) is 18.7 Å². The molecule has 0 aromatic carbocycles. The second-order valence-electron chi connectivity index (χ2n) is 1.93. The first-order valence-corrected chi connectivity index (χ1v) is 2.91. The van der Waals surface area contributed by atoms with Gasteiger partial charge in [-0.05, 0) is 12.2 Å². The molecule has 2 aliphatic heterocycles. The molecule has 0 saturated heterocycles. The van der Waals surface area contributed by atoms with Crippen molar-refractivity contribution in [2.24, 2.45) is 5.16 Å². The number of nitrogens with zero attached hydrogens (tertiary/aromatic N) is 1. The SMILES string of the molecule is [C]1=CNC2=CON=CC2=C1. The Morgan fingerprint density at radius 2 is 2.60 bits per heavy atom. The first-order valence-electron chi connectivity index (χ1n) is 2.91. The minimum atomic E-state index is 0.925. The number of dihydropyridines is 1. The first-order chi connectivity index (χ1) is 4.97. The minimum absolute atomic E-state index is 0.925. The van der Waals surface area contributed by atoms with Crippen LogP contribution >= 0.6 is 0 Å². The molecule has 10 heavy (non-hydrogen) atoms. The van der Waals surface area contributed by atoms with E-state index >= 15 is 0 Å². The van der Waals surface area contributed by atoms with E-state index in [1.807, 2.05) is 6.08 Å². The maximum Gasteiger partial charge on any atom is 0.146 e. The number of allylic oxidation sites excluding steroid dienone is 3. The summed E-state index contributed by atoms with van der Waals surface area (Å²) in [5.41, 5.74) is 1.92. The Hall–Kier alpha value is -1.51. The normalized spacial score (nSPS) is 20.0. The molecule has 0 spiro atoms. The highest BCUT2D eigenvalue weighted by Gasteiger charge is 2.07. The fraction of sp³-hybridized carbons (Fsp3) is 0. The van der Waals surface area contributed by atoms with Gasteiger partial charge in [0, 0.05) is 11.8 Å². The van der Waals surface area contributed by atoms with E-state index < -0.39 is 0 Å². The van der Waals surface area contributed by atoms with E-state index in [4.69, 9.17) is 4.84 Å². The number of rotatable bonds is 0. The average Bonchev–Trinajstić information content (AvgIpc) is 2.05. The van der Waals surface area contributed by atoms with Crippen molar-refractivity contribution in [3.8, 4) is 0 Å². The molecule has 0 aromatic heterocycles. The average molecular weight is 133 g/mol. The molecule has 0 fully saturated rings. The number of fused-ring (bicyclic) bond motifs is 1. The zero-order chi connectivity index (χ0) is 6.81. The molecule has 1 radical (unpaired) electrons. The highest BCUT2D eigenvalue weighted by atomic mass is 16.6. The Bertz CT molecular complexity index is 261. The lowest BCUT2D eigenvalue weighted by Crippen LogP contribution is -2.13. The van der Waals surface area contributed by atoms with Crippen LogP contribution in [0.25, 0.3) is 0 Å². The van der Waals surface area contributed by atoms with Crippen molar-refractivity contribution >= 4 is 6.21 Å². The number of oxime groups is 1. The fourth-order valence-electron chi connectivity index (χ4n) is 0.791. The molecule has 0 aromatic rings. The summed E-state index contributed by atoms with van der Waals surface area (Å²) in [5.74, 6) is 0. The van der Waals surface area contributed by atoms with E-state index in [1.165, 1.54) is 0 Å². The third-order valence-electron chi connectivity index (χ3n) is 1.28. The molecule has 2 aliphatic rings. The molecule has 3 heteroatoms. The van der Waals surface area contributed by atoms with Gasteiger partial charge in [0.25, 0.3) is 0 Å².